The molecule has 0 fully saturated rings. The molecular weight excluding hydrogens is 276 g/mol. The van der Waals surface area contributed by atoms with Gasteiger partial charge in [0.05, 0.1) is 0 Å². The van der Waals surface area contributed by atoms with Crippen LogP contribution in [-0.2, 0) is 10.4 Å². The fraction of sp³-hybridized carbons (Fsp3) is 1.00. The van der Waals surface area contributed by atoms with Crippen molar-refractivity contribution in [1.82, 2.24) is 0 Å². The largest absolute Gasteiger partial charge is 0.394 e. The van der Waals surface area contributed by atoms with Crippen molar-refractivity contribution in [3.05, 3.63) is 0 Å². The average Bonchev–Trinajstić information content (AvgIpc) is 2.25. The summed E-state index contributed by atoms with van der Waals surface area (Å²) in [7, 11) is -4.67. The first-order valence-corrected chi connectivity index (χ1v) is 8.60. The summed E-state index contributed by atoms with van der Waals surface area (Å²) in [5.41, 5.74) is 0. The lowest BCUT2D eigenvalue weighted by Crippen LogP contribution is -1.89. The summed E-state index contributed by atoms with van der Waals surface area (Å²) < 4.78 is 31.6. The van der Waals surface area contributed by atoms with Gasteiger partial charge >= 0.3 is 10.4 Å². The quantitative estimate of drug-likeness (QED) is 0.354. The van der Waals surface area contributed by atoms with Crippen LogP contribution in [0.1, 0.15) is 71.1 Å². The molecule has 112 valence electrons. The van der Waals surface area contributed by atoms with Crippen LogP contribution in [0.5, 0.6) is 0 Å². The summed E-state index contributed by atoms with van der Waals surface area (Å²) >= 11 is 5.60. The van der Waals surface area contributed by atoms with E-state index in [4.69, 9.17) is 29.1 Å². The molecule has 0 aromatic heterocycles. The molecule has 0 heterocycles. The molecule has 4 nitrogen and oxygen atoms in total. The van der Waals surface area contributed by atoms with Crippen LogP contribution < -0.4 is 0 Å². The summed E-state index contributed by atoms with van der Waals surface area (Å²) in [5, 5.41) is 0. The lowest BCUT2D eigenvalue weighted by atomic mass is 10.1. The molecule has 0 amide bonds. The molecule has 0 aliphatic carbocycles. The van der Waals surface area contributed by atoms with Crippen molar-refractivity contribution in [3.8, 4) is 0 Å². The first kappa shape index (κ1) is 20.5. The van der Waals surface area contributed by atoms with E-state index in [0.717, 1.165) is 5.88 Å². The Morgan fingerprint density at radius 1 is 0.778 bits per heavy atom. The molecule has 6 heteroatoms. The van der Waals surface area contributed by atoms with Crippen molar-refractivity contribution in [3.63, 3.8) is 0 Å². The Labute approximate surface area is 117 Å². The van der Waals surface area contributed by atoms with Crippen LogP contribution in [-0.4, -0.2) is 23.4 Å². The molecule has 2 N–H and O–H groups in total. The molecule has 18 heavy (non-hydrogen) atoms. The minimum atomic E-state index is -4.67. The van der Waals surface area contributed by atoms with Crippen LogP contribution >= 0.6 is 11.6 Å². The van der Waals surface area contributed by atoms with E-state index in [0.29, 0.717) is 0 Å². The number of unbranched alkanes of at least 4 members (excludes halogenated alkanes) is 9. The molecule has 0 unspecified atom stereocenters. The third-order valence-electron chi connectivity index (χ3n) is 2.49. The average molecular weight is 303 g/mol. The molecule has 0 bridgehead atoms. The molecule has 0 saturated carbocycles. The van der Waals surface area contributed by atoms with Crippen molar-refractivity contribution >= 4 is 22.0 Å². The third-order valence-corrected chi connectivity index (χ3v) is 2.75. The predicted molar refractivity (Wildman–Crippen MR) is 76.7 cm³/mol. The topological polar surface area (TPSA) is 74.6 Å². The molecule has 0 spiro atoms. The van der Waals surface area contributed by atoms with Gasteiger partial charge in [-0.1, -0.05) is 64.7 Å². The Bertz CT molecular complexity index is 224. The number of hydrogen-bond acceptors (Lipinski definition) is 2. The molecule has 0 atom stereocenters. The van der Waals surface area contributed by atoms with Crippen molar-refractivity contribution < 1.29 is 17.5 Å². The van der Waals surface area contributed by atoms with Crippen molar-refractivity contribution in [2.24, 2.45) is 0 Å². The maximum absolute atomic E-state index is 8.74. The second-order valence-corrected chi connectivity index (χ2v) is 5.59. The highest BCUT2D eigenvalue weighted by Gasteiger charge is 1.91. The van der Waals surface area contributed by atoms with E-state index in [1.165, 1.54) is 64.2 Å². The zero-order chi connectivity index (χ0) is 14.3. The van der Waals surface area contributed by atoms with E-state index in [1.54, 1.807) is 0 Å². The van der Waals surface area contributed by atoms with Crippen LogP contribution in [0.15, 0.2) is 0 Å². The van der Waals surface area contributed by atoms with Crippen LogP contribution in [0.4, 0.5) is 0 Å². The standard InChI is InChI=1S/C12H25Cl.H2O4S/c1-2-3-4-5-6-7-8-9-10-11-12-13;1-5(2,3)4/h2-12H2,1H3;(H2,1,2,3,4). The van der Waals surface area contributed by atoms with Gasteiger partial charge < -0.3 is 0 Å². The summed E-state index contributed by atoms with van der Waals surface area (Å²) in [6, 6.07) is 0. The first-order valence-electron chi connectivity index (χ1n) is 6.67. The second-order valence-electron chi connectivity index (χ2n) is 4.32. The van der Waals surface area contributed by atoms with Gasteiger partial charge in [0.2, 0.25) is 0 Å². The molecule has 0 aromatic carbocycles. The number of hydrogen-bond donors (Lipinski definition) is 2. The van der Waals surface area contributed by atoms with Gasteiger partial charge in [-0.25, -0.2) is 0 Å². The predicted octanol–water partition coefficient (Wildman–Crippen LogP) is 4.49. The summed E-state index contributed by atoms with van der Waals surface area (Å²) in [5.74, 6) is 0.844. The smallest absolute Gasteiger partial charge is 0.264 e. The van der Waals surface area contributed by atoms with Crippen LogP contribution in [0.2, 0.25) is 0 Å². The van der Waals surface area contributed by atoms with E-state index in [-0.39, 0.29) is 0 Å². The first-order chi connectivity index (χ1) is 8.41. The van der Waals surface area contributed by atoms with Crippen molar-refractivity contribution in [1.29, 1.82) is 0 Å². The van der Waals surface area contributed by atoms with Crippen molar-refractivity contribution in [2.75, 3.05) is 5.88 Å². The maximum Gasteiger partial charge on any atom is 0.394 e. The van der Waals surface area contributed by atoms with Gasteiger partial charge in [0.1, 0.15) is 0 Å². The molecule has 0 saturated heterocycles. The summed E-state index contributed by atoms with van der Waals surface area (Å²) in [4.78, 5) is 0. The molecule has 0 rings (SSSR count). The van der Waals surface area contributed by atoms with Gasteiger partial charge in [0.25, 0.3) is 0 Å². The van der Waals surface area contributed by atoms with Crippen LogP contribution in [0, 0.1) is 0 Å². The van der Waals surface area contributed by atoms with Gasteiger partial charge in [0, 0.05) is 5.88 Å². The SMILES string of the molecule is CCCCCCCCCCCCCl.O=S(=O)(O)O. The third kappa shape index (κ3) is 36.0. The number of halogens is 1. The molecule has 0 aliphatic rings. The fourth-order valence-electron chi connectivity index (χ4n) is 1.58. The fourth-order valence-corrected chi connectivity index (χ4v) is 1.77. The van der Waals surface area contributed by atoms with Crippen molar-refractivity contribution in [2.45, 2.75) is 71.1 Å². The van der Waals surface area contributed by atoms with Crippen LogP contribution in [0.3, 0.4) is 0 Å². The lowest BCUT2D eigenvalue weighted by Gasteiger charge is -2.00. The molecule has 0 radical (unpaired) electrons. The Kier molecular flexibility index (Phi) is 17.3. The van der Waals surface area contributed by atoms with Gasteiger partial charge in [-0.15, -0.1) is 11.6 Å². The highest BCUT2D eigenvalue weighted by atomic mass is 35.5. The molecule has 0 aliphatic heterocycles. The highest BCUT2D eigenvalue weighted by Crippen LogP contribution is 2.10. The summed E-state index contributed by atoms with van der Waals surface area (Å²) in [6.45, 7) is 2.27. The second kappa shape index (κ2) is 15.2. The minimum absolute atomic E-state index is 0.844. The molecular formula is C12H27ClO4S. The van der Waals surface area contributed by atoms with E-state index in [9.17, 15) is 0 Å². The van der Waals surface area contributed by atoms with E-state index >= 15 is 0 Å². The Hall–Kier alpha value is 0.160. The maximum atomic E-state index is 8.74. The van der Waals surface area contributed by atoms with Crippen LogP contribution in [0.25, 0.3) is 0 Å². The zero-order valence-electron chi connectivity index (χ0n) is 11.3. The van der Waals surface area contributed by atoms with Gasteiger partial charge in [0.15, 0.2) is 0 Å². The van der Waals surface area contributed by atoms with Gasteiger partial charge in [-0.3, -0.25) is 9.11 Å². The number of alkyl halides is 1. The monoisotopic (exact) mass is 302 g/mol. The zero-order valence-corrected chi connectivity index (χ0v) is 12.8. The Morgan fingerprint density at radius 2 is 1.06 bits per heavy atom. The minimum Gasteiger partial charge on any atom is -0.264 e. The normalized spacial score (nSPS) is 10.9. The van der Waals surface area contributed by atoms with E-state index < -0.39 is 10.4 Å². The number of rotatable bonds is 10. The Morgan fingerprint density at radius 3 is 1.33 bits per heavy atom. The van der Waals surface area contributed by atoms with Gasteiger partial charge in [-0.05, 0) is 6.42 Å². The van der Waals surface area contributed by atoms with Gasteiger partial charge in [-0.2, -0.15) is 8.42 Å². The molecule has 0 aromatic rings. The summed E-state index contributed by atoms with van der Waals surface area (Å²) in [6.07, 6.45) is 13.9. The highest BCUT2D eigenvalue weighted by molar-refractivity contribution is 7.79. The van der Waals surface area contributed by atoms with E-state index in [2.05, 4.69) is 6.92 Å². The lowest BCUT2D eigenvalue weighted by molar-refractivity contribution is 0.381. The van der Waals surface area contributed by atoms with E-state index in [1.807, 2.05) is 0 Å². The Balaban J connectivity index is 0.